The Hall–Kier alpha value is -3.04. The number of halogens is 3. The summed E-state index contributed by atoms with van der Waals surface area (Å²) >= 11 is 0. The summed E-state index contributed by atoms with van der Waals surface area (Å²) in [6.45, 7) is 0.00279. The van der Waals surface area contributed by atoms with Gasteiger partial charge in [-0.15, -0.1) is 0 Å². The van der Waals surface area contributed by atoms with E-state index in [0.29, 0.717) is 35.1 Å². The second kappa shape index (κ2) is 8.48. The molecule has 0 aromatic heterocycles. The molecule has 4 rings (SSSR count). The van der Waals surface area contributed by atoms with Crippen molar-refractivity contribution in [3.05, 3.63) is 88.7 Å². The van der Waals surface area contributed by atoms with Crippen molar-refractivity contribution in [2.45, 2.75) is 17.4 Å². The Morgan fingerprint density at radius 1 is 0.906 bits per heavy atom. The molecule has 9 heteroatoms. The molecule has 0 bridgehead atoms. The van der Waals surface area contributed by atoms with Crippen LogP contribution >= 0.6 is 0 Å². The van der Waals surface area contributed by atoms with Gasteiger partial charge >= 0.3 is 0 Å². The Morgan fingerprint density at radius 3 is 2.22 bits per heavy atom. The van der Waals surface area contributed by atoms with Crippen LogP contribution in [0.4, 0.5) is 13.2 Å². The van der Waals surface area contributed by atoms with E-state index in [1.165, 1.54) is 14.2 Å². The first-order valence-electron chi connectivity index (χ1n) is 9.74. The number of methoxy groups -OCH3 is 2. The lowest BCUT2D eigenvalue weighted by Gasteiger charge is -2.37. The maximum absolute atomic E-state index is 14.5. The van der Waals surface area contributed by atoms with Crippen molar-refractivity contribution in [2.75, 3.05) is 20.8 Å². The van der Waals surface area contributed by atoms with Gasteiger partial charge < -0.3 is 9.47 Å². The monoisotopic (exact) mass is 463 g/mol. The number of hydrogen-bond donors (Lipinski definition) is 0. The largest absolute Gasteiger partial charge is 0.493 e. The van der Waals surface area contributed by atoms with Crippen LogP contribution in [0.15, 0.2) is 59.5 Å². The van der Waals surface area contributed by atoms with Crippen molar-refractivity contribution in [1.82, 2.24) is 4.31 Å². The van der Waals surface area contributed by atoms with Gasteiger partial charge in [-0.05, 0) is 47.4 Å². The summed E-state index contributed by atoms with van der Waals surface area (Å²) in [4.78, 5) is -0.916. The minimum Gasteiger partial charge on any atom is -0.493 e. The molecule has 1 unspecified atom stereocenters. The van der Waals surface area contributed by atoms with Gasteiger partial charge in [0.2, 0.25) is 10.0 Å². The molecule has 0 fully saturated rings. The van der Waals surface area contributed by atoms with Gasteiger partial charge in [-0.3, -0.25) is 0 Å². The van der Waals surface area contributed by atoms with Crippen LogP contribution in [0.3, 0.4) is 0 Å². The highest BCUT2D eigenvalue weighted by atomic mass is 32.2. The zero-order valence-corrected chi connectivity index (χ0v) is 18.1. The van der Waals surface area contributed by atoms with E-state index < -0.39 is 38.4 Å². The Morgan fingerprint density at radius 2 is 1.56 bits per heavy atom. The Kier molecular flexibility index (Phi) is 5.87. The smallest absolute Gasteiger partial charge is 0.246 e. The molecule has 5 nitrogen and oxygen atoms in total. The molecular weight excluding hydrogens is 443 g/mol. The van der Waals surface area contributed by atoms with Crippen LogP contribution in [0, 0.1) is 17.5 Å². The summed E-state index contributed by atoms with van der Waals surface area (Å²) in [6, 6.07) is 12.8. The van der Waals surface area contributed by atoms with Crippen molar-refractivity contribution >= 4 is 10.0 Å². The van der Waals surface area contributed by atoms with E-state index in [2.05, 4.69) is 0 Å². The summed E-state index contributed by atoms with van der Waals surface area (Å²) in [5.74, 6) is -4.12. The van der Waals surface area contributed by atoms with Crippen molar-refractivity contribution in [1.29, 1.82) is 0 Å². The van der Waals surface area contributed by atoms with Crippen molar-refractivity contribution in [3.63, 3.8) is 0 Å². The number of ether oxygens (including phenoxy) is 2. The Labute approximate surface area is 184 Å². The fraction of sp³-hybridized carbons (Fsp3) is 0.217. The van der Waals surface area contributed by atoms with E-state index in [9.17, 15) is 21.6 Å². The summed E-state index contributed by atoms with van der Waals surface area (Å²) < 4.78 is 80.6. The number of hydrogen-bond acceptors (Lipinski definition) is 4. The molecule has 32 heavy (non-hydrogen) atoms. The van der Waals surface area contributed by atoms with Crippen LogP contribution in [0.25, 0.3) is 0 Å². The molecule has 1 aliphatic rings. The Bertz CT molecular complexity index is 1270. The van der Waals surface area contributed by atoms with Crippen LogP contribution < -0.4 is 9.47 Å². The van der Waals surface area contributed by atoms with Crippen molar-refractivity contribution < 1.29 is 31.1 Å². The average Bonchev–Trinajstić information content (AvgIpc) is 2.81. The topological polar surface area (TPSA) is 55.8 Å². The summed E-state index contributed by atoms with van der Waals surface area (Å²) in [7, 11) is -1.56. The van der Waals surface area contributed by atoms with Gasteiger partial charge in [0.05, 0.1) is 20.3 Å². The molecule has 0 saturated carbocycles. The molecule has 1 aliphatic heterocycles. The molecule has 0 radical (unpaired) electrons. The first-order chi connectivity index (χ1) is 15.3. The van der Waals surface area contributed by atoms with E-state index in [1.54, 1.807) is 42.5 Å². The predicted molar refractivity (Wildman–Crippen MR) is 112 cm³/mol. The molecule has 0 N–H and O–H groups in total. The van der Waals surface area contributed by atoms with Gasteiger partial charge in [0, 0.05) is 6.54 Å². The van der Waals surface area contributed by atoms with Crippen LogP contribution in [0.5, 0.6) is 11.5 Å². The van der Waals surface area contributed by atoms with E-state index in [1.807, 2.05) is 0 Å². The minimum absolute atomic E-state index is 0.00279. The lowest BCUT2D eigenvalue weighted by molar-refractivity contribution is 0.329. The molecule has 168 valence electrons. The Balaban J connectivity index is 1.93. The van der Waals surface area contributed by atoms with E-state index >= 15 is 0 Å². The summed E-state index contributed by atoms with van der Waals surface area (Å²) in [5.41, 5.74) is 2.10. The lowest BCUT2D eigenvalue weighted by atomic mass is 9.89. The molecular formula is C23H20F3NO4S. The zero-order chi connectivity index (χ0) is 23.0. The second-order valence-corrected chi connectivity index (χ2v) is 9.12. The van der Waals surface area contributed by atoms with Crippen molar-refractivity contribution in [3.8, 4) is 11.5 Å². The first kappa shape index (κ1) is 22.2. The maximum atomic E-state index is 14.5. The molecule has 0 aliphatic carbocycles. The predicted octanol–water partition coefficient (Wildman–Crippen LogP) is 4.46. The first-order valence-corrected chi connectivity index (χ1v) is 11.2. The minimum atomic E-state index is -4.53. The zero-order valence-electron chi connectivity index (χ0n) is 17.3. The van der Waals surface area contributed by atoms with Gasteiger partial charge in [-0.1, -0.05) is 30.3 Å². The molecule has 0 amide bonds. The highest BCUT2D eigenvalue weighted by molar-refractivity contribution is 7.89. The van der Waals surface area contributed by atoms with Gasteiger partial charge in [0.15, 0.2) is 29.0 Å². The molecule has 0 spiro atoms. The molecule has 3 aromatic rings. The number of benzene rings is 3. The quantitative estimate of drug-likeness (QED) is 0.525. The molecule has 1 heterocycles. The van der Waals surface area contributed by atoms with E-state index in [0.717, 1.165) is 15.9 Å². The molecule has 1 atom stereocenters. The lowest BCUT2D eigenvalue weighted by Crippen LogP contribution is -2.41. The number of sulfonamides is 1. The normalized spacial score (nSPS) is 16.5. The maximum Gasteiger partial charge on any atom is 0.246 e. The molecule has 0 saturated heterocycles. The molecule has 3 aromatic carbocycles. The SMILES string of the molecule is COc1cc2c(cc1OC)C(c1ccccc1)N(S(=O)(=O)c1ccc(F)c(F)c1F)CC2. The number of fused-ring (bicyclic) bond motifs is 1. The van der Waals surface area contributed by atoms with Crippen molar-refractivity contribution in [2.24, 2.45) is 0 Å². The third-order valence-electron chi connectivity index (χ3n) is 5.53. The van der Waals surface area contributed by atoms with Crippen LogP contribution in [-0.4, -0.2) is 33.5 Å². The highest BCUT2D eigenvalue weighted by Crippen LogP contribution is 2.43. The fourth-order valence-corrected chi connectivity index (χ4v) is 5.65. The summed E-state index contributed by atoms with van der Waals surface area (Å²) in [5, 5.41) is 0. The number of nitrogens with zero attached hydrogens (tertiary/aromatic N) is 1. The third-order valence-corrected chi connectivity index (χ3v) is 7.41. The highest BCUT2D eigenvalue weighted by Gasteiger charge is 2.40. The average molecular weight is 463 g/mol. The third kappa shape index (κ3) is 3.61. The van der Waals surface area contributed by atoms with Gasteiger partial charge in [0.1, 0.15) is 4.90 Å². The van der Waals surface area contributed by atoms with Gasteiger partial charge in [-0.2, -0.15) is 4.31 Å². The second-order valence-electron chi connectivity index (χ2n) is 7.26. The summed E-state index contributed by atoms with van der Waals surface area (Å²) in [6.07, 6.45) is 0.309. The number of rotatable bonds is 5. The van der Waals surface area contributed by atoms with Crippen LogP contribution in [0.2, 0.25) is 0 Å². The van der Waals surface area contributed by atoms with Gasteiger partial charge in [-0.25, -0.2) is 21.6 Å². The van der Waals surface area contributed by atoms with Crippen LogP contribution in [0.1, 0.15) is 22.7 Å². The standard InChI is InChI=1S/C23H20F3NO4S/c1-30-18-12-15-10-11-27(32(28,29)20-9-8-17(24)21(25)22(20)26)23(14-6-4-3-5-7-14)16(15)13-19(18)31-2/h3-9,12-13,23H,10-11H2,1-2H3. The van der Waals surface area contributed by atoms with Crippen LogP contribution in [-0.2, 0) is 16.4 Å². The van der Waals surface area contributed by atoms with E-state index in [-0.39, 0.29) is 6.54 Å². The van der Waals surface area contributed by atoms with E-state index in [4.69, 9.17) is 9.47 Å². The van der Waals surface area contributed by atoms with Gasteiger partial charge in [0.25, 0.3) is 0 Å². The fourth-order valence-electron chi connectivity index (χ4n) is 4.00.